The molecule has 0 heterocycles. The second-order valence-corrected chi connectivity index (χ2v) is 4.91. The summed E-state index contributed by atoms with van der Waals surface area (Å²) < 4.78 is 12.9. The number of hydrogen-bond donors (Lipinski definition) is 1. The topological polar surface area (TPSA) is 20.2 Å². The van der Waals surface area contributed by atoms with Crippen molar-refractivity contribution < 1.29 is 9.50 Å². The summed E-state index contributed by atoms with van der Waals surface area (Å²) in [6.07, 6.45) is 1.26. The molecule has 0 saturated heterocycles. The molecule has 1 aliphatic carbocycles. The van der Waals surface area contributed by atoms with Crippen molar-refractivity contribution >= 4 is 0 Å². The van der Waals surface area contributed by atoms with Gasteiger partial charge in [0.2, 0.25) is 0 Å². The van der Waals surface area contributed by atoms with Crippen LogP contribution in [0.5, 0.6) is 0 Å². The van der Waals surface area contributed by atoms with E-state index in [0.717, 1.165) is 24.0 Å². The second kappa shape index (κ2) is 4.54. The number of benzene rings is 2. The Morgan fingerprint density at radius 1 is 1.00 bits per heavy atom. The van der Waals surface area contributed by atoms with Gasteiger partial charge in [0.05, 0.1) is 6.10 Å². The van der Waals surface area contributed by atoms with Crippen LogP contribution in [0.3, 0.4) is 0 Å². The summed E-state index contributed by atoms with van der Waals surface area (Å²) in [5, 5.41) is 10.0. The third-order valence-corrected chi connectivity index (χ3v) is 3.70. The van der Waals surface area contributed by atoms with Gasteiger partial charge in [0.25, 0.3) is 0 Å². The minimum atomic E-state index is -0.355. The van der Waals surface area contributed by atoms with Crippen LogP contribution in [0.4, 0.5) is 4.39 Å². The lowest BCUT2D eigenvalue weighted by atomic mass is 9.94. The Kier molecular flexibility index (Phi) is 2.88. The monoisotopic (exact) mass is 242 g/mol. The molecule has 2 atom stereocenters. The smallest absolute Gasteiger partial charge is 0.123 e. The summed E-state index contributed by atoms with van der Waals surface area (Å²) in [6, 6.07) is 14.7. The third kappa shape index (κ3) is 2.04. The predicted molar refractivity (Wildman–Crippen MR) is 68.9 cm³/mol. The molecule has 0 unspecified atom stereocenters. The largest absolute Gasteiger partial charge is 0.388 e. The summed E-state index contributed by atoms with van der Waals surface area (Å²) in [7, 11) is 0. The Hall–Kier alpha value is -1.67. The SMILES string of the molecule is O[C@H]1C[C@H](Cc2ccc(F)cc2)c2ccccc21. The average molecular weight is 242 g/mol. The van der Waals surface area contributed by atoms with Crippen LogP contribution in [-0.2, 0) is 6.42 Å². The zero-order chi connectivity index (χ0) is 12.5. The van der Waals surface area contributed by atoms with Gasteiger partial charge in [-0.2, -0.15) is 0 Å². The fourth-order valence-electron chi connectivity index (χ4n) is 2.81. The first-order valence-electron chi connectivity index (χ1n) is 6.25. The molecule has 1 nitrogen and oxygen atoms in total. The van der Waals surface area contributed by atoms with Gasteiger partial charge in [-0.3, -0.25) is 0 Å². The lowest BCUT2D eigenvalue weighted by molar-refractivity contribution is 0.173. The fraction of sp³-hybridized carbons (Fsp3) is 0.250. The van der Waals surface area contributed by atoms with E-state index in [1.54, 1.807) is 0 Å². The van der Waals surface area contributed by atoms with E-state index in [1.807, 2.05) is 30.3 Å². The number of fused-ring (bicyclic) bond motifs is 1. The van der Waals surface area contributed by atoms with E-state index in [-0.39, 0.29) is 11.9 Å². The summed E-state index contributed by atoms with van der Waals surface area (Å²) in [5.74, 6) is 0.132. The van der Waals surface area contributed by atoms with E-state index in [0.29, 0.717) is 5.92 Å². The number of hydrogen-bond acceptors (Lipinski definition) is 1. The molecule has 1 aliphatic rings. The summed E-state index contributed by atoms with van der Waals surface area (Å²) in [6.45, 7) is 0. The van der Waals surface area contributed by atoms with Gasteiger partial charge < -0.3 is 5.11 Å². The summed E-state index contributed by atoms with van der Waals surface area (Å²) in [5.41, 5.74) is 3.39. The Bertz CT molecular complexity index is 547. The first kappa shape index (κ1) is 11.4. The number of halogens is 1. The molecule has 2 heteroatoms. The predicted octanol–water partition coefficient (Wildman–Crippen LogP) is 3.59. The highest BCUT2D eigenvalue weighted by atomic mass is 19.1. The summed E-state index contributed by atoms with van der Waals surface area (Å²) >= 11 is 0. The Morgan fingerprint density at radius 2 is 1.67 bits per heavy atom. The highest BCUT2D eigenvalue weighted by Crippen LogP contribution is 2.41. The van der Waals surface area contributed by atoms with Crippen LogP contribution in [0.15, 0.2) is 48.5 Å². The lowest BCUT2D eigenvalue weighted by Gasteiger charge is -2.11. The minimum absolute atomic E-state index is 0.203. The molecule has 0 spiro atoms. The zero-order valence-electron chi connectivity index (χ0n) is 10.0. The number of aliphatic hydroxyl groups is 1. The molecule has 0 amide bonds. The van der Waals surface area contributed by atoms with E-state index in [1.165, 1.54) is 17.7 Å². The van der Waals surface area contributed by atoms with Crippen molar-refractivity contribution in [2.75, 3.05) is 0 Å². The van der Waals surface area contributed by atoms with E-state index >= 15 is 0 Å². The lowest BCUT2D eigenvalue weighted by Crippen LogP contribution is -1.99. The first-order chi connectivity index (χ1) is 8.74. The third-order valence-electron chi connectivity index (χ3n) is 3.70. The molecular weight excluding hydrogens is 227 g/mol. The van der Waals surface area contributed by atoms with Crippen LogP contribution in [0.1, 0.15) is 35.1 Å². The van der Waals surface area contributed by atoms with Crippen LogP contribution in [0, 0.1) is 5.82 Å². The highest BCUT2D eigenvalue weighted by Gasteiger charge is 2.28. The van der Waals surface area contributed by atoms with Crippen LogP contribution < -0.4 is 0 Å². The van der Waals surface area contributed by atoms with E-state index < -0.39 is 0 Å². The van der Waals surface area contributed by atoms with Gasteiger partial charge >= 0.3 is 0 Å². The normalized spacial score (nSPS) is 21.9. The van der Waals surface area contributed by atoms with Crippen LogP contribution in [0.2, 0.25) is 0 Å². The van der Waals surface area contributed by atoms with Gasteiger partial charge in [0, 0.05) is 0 Å². The molecule has 2 aromatic rings. The molecule has 0 aliphatic heterocycles. The van der Waals surface area contributed by atoms with Gasteiger partial charge in [0.15, 0.2) is 0 Å². The Balaban J connectivity index is 1.85. The molecule has 0 fully saturated rings. The van der Waals surface area contributed by atoms with Crippen LogP contribution >= 0.6 is 0 Å². The molecule has 92 valence electrons. The van der Waals surface area contributed by atoms with Gasteiger partial charge in [0.1, 0.15) is 5.82 Å². The van der Waals surface area contributed by atoms with Crippen molar-refractivity contribution in [3.05, 3.63) is 71.0 Å². The average Bonchev–Trinajstić information content (AvgIpc) is 2.70. The Morgan fingerprint density at radius 3 is 2.39 bits per heavy atom. The molecule has 3 rings (SSSR count). The van der Waals surface area contributed by atoms with Gasteiger partial charge in [-0.25, -0.2) is 4.39 Å². The molecule has 18 heavy (non-hydrogen) atoms. The maximum Gasteiger partial charge on any atom is 0.123 e. The van der Waals surface area contributed by atoms with E-state index in [2.05, 4.69) is 6.07 Å². The van der Waals surface area contributed by atoms with Gasteiger partial charge in [-0.05, 0) is 47.6 Å². The molecule has 2 aromatic carbocycles. The Labute approximate surface area is 106 Å². The molecule has 1 N–H and O–H groups in total. The molecule has 0 aromatic heterocycles. The second-order valence-electron chi connectivity index (χ2n) is 4.91. The highest BCUT2D eigenvalue weighted by molar-refractivity contribution is 5.38. The van der Waals surface area contributed by atoms with E-state index in [9.17, 15) is 9.50 Å². The molecular formula is C16H15FO. The quantitative estimate of drug-likeness (QED) is 0.853. The molecule has 0 radical (unpaired) electrons. The van der Waals surface area contributed by atoms with Gasteiger partial charge in [-0.1, -0.05) is 36.4 Å². The first-order valence-corrected chi connectivity index (χ1v) is 6.25. The maximum atomic E-state index is 12.9. The van der Waals surface area contributed by atoms with Crippen molar-refractivity contribution in [1.29, 1.82) is 0 Å². The fourth-order valence-corrected chi connectivity index (χ4v) is 2.81. The van der Waals surface area contributed by atoms with Gasteiger partial charge in [-0.15, -0.1) is 0 Å². The minimum Gasteiger partial charge on any atom is -0.388 e. The van der Waals surface area contributed by atoms with Crippen LogP contribution in [0.25, 0.3) is 0 Å². The van der Waals surface area contributed by atoms with Crippen molar-refractivity contribution in [3.8, 4) is 0 Å². The van der Waals surface area contributed by atoms with Crippen molar-refractivity contribution in [3.63, 3.8) is 0 Å². The molecule has 0 saturated carbocycles. The van der Waals surface area contributed by atoms with Crippen LogP contribution in [-0.4, -0.2) is 5.11 Å². The number of rotatable bonds is 2. The summed E-state index contributed by atoms with van der Waals surface area (Å²) in [4.78, 5) is 0. The van der Waals surface area contributed by atoms with E-state index in [4.69, 9.17) is 0 Å². The maximum absolute atomic E-state index is 12.9. The molecule has 0 bridgehead atoms. The van der Waals surface area contributed by atoms with Crippen molar-refractivity contribution in [2.45, 2.75) is 24.9 Å². The van der Waals surface area contributed by atoms with Crippen molar-refractivity contribution in [2.24, 2.45) is 0 Å². The number of aliphatic hydroxyl groups excluding tert-OH is 1. The van der Waals surface area contributed by atoms with Crippen molar-refractivity contribution in [1.82, 2.24) is 0 Å². The standard InChI is InChI=1S/C16H15FO/c17-13-7-5-11(6-8-13)9-12-10-16(18)15-4-2-1-3-14(12)15/h1-8,12,16,18H,9-10H2/t12-,16-/m0/s1. The zero-order valence-corrected chi connectivity index (χ0v) is 10.0.